The van der Waals surface area contributed by atoms with Crippen molar-refractivity contribution in [2.75, 3.05) is 11.4 Å². The Morgan fingerprint density at radius 3 is 2.63 bits per heavy atom. The predicted molar refractivity (Wildman–Crippen MR) is 110 cm³/mol. The Balaban J connectivity index is 2.00. The Morgan fingerprint density at radius 2 is 1.96 bits per heavy atom. The monoisotopic (exact) mass is 370 g/mol. The normalized spacial score (nSPS) is 18.8. The third-order valence-corrected chi connectivity index (χ3v) is 5.47. The van der Waals surface area contributed by atoms with Gasteiger partial charge >= 0.3 is 0 Å². The number of aryl methyl sites for hydroxylation is 1. The molecule has 1 atom stereocenters. The van der Waals surface area contributed by atoms with E-state index in [1.807, 2.05) is 0 Å². The van der Waals surface area contributed by atoms with Crippen LogP contribution in [0.15, 0.2) is 35.3 Å². The summed E-state index contributed by atoms with van der Waals surface area (Å²) in [6, 6.07) is 7.85. The summed E-state index contributed by atoms with van der Waals surface area (Å²) in [5.74, 6) is -0.798. The van der Waals surface area contributed by atoms with E-state index < -0.39 is 11.6 Å². The van der Waals surface area contributed by atoms with Crippen LogP contribution in [0.1, 0.15) is 63.1 Å². The van der Waals surface area contributed by atoms with Crippen molar-refractivity contribution in [2.45, 2.75) is 58.9 Å². The second-order valence-electron chi connectivity index (χ2n) is 8.19. The molecule has 0 N–H and O–H groups in total. The summed E-state index contributed by atoms with van der Waals surface area (Å²) >= 11 is 0. The van der Waals surface area contributed by atoms with E-state index in [1.54, 1.807) is 6.21 Å². The van der Waals surface area contributed by atoms with Gasteiger partial charge in [-0.1, -0.05) is 13.8 Å². The number of anilines is 1. The third-order valence-electron chi connectivity index (χ3n) is 5.47. The van der Waals surface area contributed by atoms with Gasteiger partial charge in [0.2, 0.25) is 0 Å². The largest absolute Gasteiger partial charge is 0.366 e. The zero-order valence-corrected chi connectivity index (χ0v) is 16.8. The molecule has 0 amide bonds. The summed E-state index contributed by atoms with van der Waals surface area (Å²) in [7, 11) is 0. The molecule has 0 saturated carbocycles. The summed E-state index contributed by atoms with van der Waals surface area (Å²) in [6.45, 7) is 12.2. The summed E-state index contributed by atoms with van der Waals surface area (Å²) in [5, 5.41) is 0. The van der Waals surface area contributed by atoms with Crippen molar-refractivity contribution in [1.29, 1.82) is 0 Å². The van der Waals surface area contributed by atoms with Crippen molar-refractivity contribution < 1.29 is 8.78 Å². The molecule has 144 valence electrons. The van der Waals surface area contributed by atoms with E-state index in [1.165, 1.54) is 23.4 Å². The number of hydrogen-bond acceptors (Lipinski definition) is 2. The highest BCUT2D eigenvalue weighted by atomic mass is 19.1. The quantitative estimate of drug-likeness (QED) is 0.559. The zero-order valence-electron chi connectivity index (χ0n) is 16.8. The van der Waals surface area contributed by atoms with Gasteiger partial charge in [-0.2, -0.15) is 0 Å². The maximum Gasteiger partial charge on any atom is 0.151 e. The molecule has 0 spiro atoms. The van der Waals surface area contributed by atoms with Crippen LogP contribution in [0.25, 0.3) is 0 Å². The van der Waals surface area contributed by atoms with Gasteiger partial charge in [0.25, 0.3) is 0 Å². The molecule has 2 nitrogen and oxygen atoms in total. The number of nitrogens with zero attached hydrogens (tertiary/aromatic N) is 2. The van der Waals surface area contributed by atoms with Crippen LogP contribution in [0, 0.1) is 18.6 Å². The lowest BCUT2D eigenvalue weighted by Crippen LogP contribution is -2.48. The van der Waals surface area contributed by atoms with Crippen LogP contribution in [-0.4, -0.2) is 18.3 Å². The number of benzene rings is 2. The van der Waals surface area contributed by atoms with Crippen molar-refractivity contribution in [1.82, 2.24) is 0 Å². The average Bonchev–Trinajstić information content (AvgIpc) is 2.58. The van der Waals surface area contributed by atoms with E-state index in [0.717, 1.165) is 36.6 Å². The second-order valence-corrected chi connectivity index (χ2v) is 8.19. The minimum atomic E-state index is -0.647. The summed E-state index contributed by atoms with van der Waals surface area (Å²) in [5.41, 5.74) is 4.96. The number of hydrogen-bond donors (Lipinski definition) is 0. The Kier molecular flexibility index (Phi) is 5.36. The van der Waals surface area contributed by atoms with E-state index >= 15 is 0 Å². The lowest BCUT2D eigenvalue weighted by atomic mass is 9.79. The topological polar surface area (TPSA) is 15.6 Å². The number of halogens is 2. The minimum absolute atomic E-state index is 0.127. The van der Waals surface area contributed by atoms with Crippen LogP contribution in [-0.2, 0) is 0 Å². The van der Waals surface area contributed by atoms with Gasteiger partial charge in [0.05, 0.1) is 5.69 Å². The average molecular weight is 370 g/mol. The SMILES string of the molecule is CCCN1c2cc(C)c(C=Nc3ccc(F)cc3F)cc2C(C)CC1(C)C. The standard InChI is InChI=1S/C23H28F2N2/c1-6-9-27-22-10-15(2)17(11-19(22)16(3)13-23(27,4)5)14-26-21-8-7-18(24)12-20(21)25/h7-8,10-12,14,16H,6,9,13H2,1-5H3. The van der Waals surface area contributed by atoms with Gasteiger partial charge in [-0.25, -0.2) is 8.78 Å². The first-order valence-corrected chi connectivity index (χ1v) is 9.64. The molecular weight excluding hydrogens is 342 g/mol. The van der Waals surface area contributed by atoms with Crippen LogP contribution in [0.4, 0.5) is 20.2 Å². The summed E-state index contributed by atoms with van der Waals surface area (Å²) < 4.78 is 26.9. The van der Waals surface area contributed by atoms with Crippen molar-refractivity contribution in [2.24, 2.45) is 4.99 Å². The molecule has 1 heterocycles. The maximum absolute atomic E-state index is 13.9. The highest BCUT2D eigenvalue weighted by molar-refractivity contribution is 5.86. The van der Waals surface area contributed by atoms with E-state index in [9.17, 15) is 8.78 Å². The van der Waals surface area contributed by atoms with Crippen LogP contribution in [0.3, 0.4) is 0 Å². The van der Waals surface area contributed by atoms with Crippen LogP contribution in [0.5, 0.6) is 0 Å². The molecule has 4 heteroatoms. The van der Waals surface area contributed by atoms with Gasteiger partial charge < -0.3 is 4.90 Å². The van der Waals surface area contributed by atoms with Gasteiger partial charge in [0.1, 0.15) is 5.82 Å². The number of aliphatic imine (C=N–C) groups is 1. The van der Waals surface area contributed by atoms with Gasteiger partial charge in [-0.05, 0) is 80.5 Å². The van der Waals surface area contributed by atoms with Gasteiger partial charge in [-0.3, -0.25) is 4.99 Å². The Morgan fingerprint density at radius 1 is 1.22 bits per heavy atom. The predicted octanol–water partition coefficient (Wildman–Crippen LogP) is 6.53. The Hall–Kier alpha value is -2.23. The summed E-state index contributed by atoms with van der Waals surface area (Å²) in [6.07, 6.45) is 3.87. The first-order chi connectivity index (χ1) is 12.7. The molecule has 2 aromatic rings. The van der Waals surface area contributed by atoms with Crippen molar-refractivity contribution >= 4 is 17.6 Å². The minimum Gasteiger partial charge on any atom is -0.366 e. The number of rotatable bonds is 4. The second kappa shape index (κ2) is 7.41. The summed E-state index contributed by atoms with van der Waals surface area (Å²) in [4.78, 5) is 6.77. The molecule has 3 rings (SSSR count). The van der Waals surface area contributed by atoms with Crippen molar-refractivity contribution in [3.63, 3.8) is 0 Å². The van der Waals surface area contributed by atoms with Crippen LogP contribution >= 0.6 is 0 Å². The lowest BCUT2D eigenvalue weighted by Gasteiger charge is -2.48. The fourth-order valence-electron chi connectivity index (χ4n) is 4.16. The fraction of sp³-hybridized carbons (Fsp3) is 0.435. The molecule has 2 aromatic carbocycles. The smallest absolute Gasteiger partial charge is 0.151 e. The first-order valence-electron chi connectivity index (χ1n) is 9.64. The zero-order chi connectivity index (χ0) is 19.8. The Bertz CT molecular complexity index is 871. The van der Waals surface area contributed by atoms with Gasteiger partial charge in [0, 0.05) is 30.1 Å². The maximum atomic E-state index is 13.9. The highest BCUT2D eigenvalue weighted by Gasteiger charge is 2.36. The van der Waals surface area contributed by atoms with Crippen LogP contribution in [0.2, 0.25) is 0 Å². The molecule has 1 aliphatic rings. The highest BCUT2D eigenvalue weighted by Crippen LogP contribution is 2.44. The van der Waals surface area contributed by atoms with Crippen molar-refractivity contribution in [3.8, 4) is 0 Å². The lowest BCUT2D eigenvalue weighted by molar-refractivity contribution is 0.376. The van der Waals surface area contributed by atoms with E-state index in [2.05, 4.69) is 56.6 Å². The molecule has 27 heavy (non-hydrogen) atoms. The molecule has 0 aliphatic carbocycles. The molecule has 0 aromatic heterocycles. The molecule has 0 radical (unpaired) electrons. The first kappa shape index (κ1) is 19.5. The van der Waals surface area contributed by atoms with E-state index in [4.69, 9.17) is 0 Å². The Labute approximate surface area is 160 Å². The molecule has 0 bridgehead atoms. The van der Waals surface area contributed by atoms with E-state index in [0.29, 0.717) is 5.92 Å². The van der Waals surface area contributed by atoms with Gasteiger partial charge in [0.15, 0.2) is 5.82 Å². The molecule has 1 unspecified atom stereocenters. The molecule has 0 saturated heterocycles. The van der Waals surface area contributed by atoms with E-state index in [-0.39, 0.29) is 11.2 Å². The molecule has 1 aliphatic heterocycles. The number of fused-ring (bicyclic) bond motifs is 1. The van der Waals surface area contributed by atoms with Crippen molar-refractivity contribution in [3.05, 3.63) is 58.7 Å². The van der Waals surface area contributed by atoms with Crippen LogP contribution < -0.4 is 4.90 Å². The third kappa shape index (κ3) is 3.90. The van der Waals surface area contributed by atoms with Gasteiger partial charge in [-0.15, -0.1) is 0 Å². The molecular formula is C23H28F2N2. The molecule has 0 fully saturated rings. The fourth-order valence-corrected chi connectivity index (χ4v) is 4.16.